The van der Waals surface area contributed by atoms with Gasteiger partial charge in [0.15, 0.2) is 0 Å². The molecule has 2 aromatic rings. The summed E-state index contributed by atoms with van der Waals surface area (Å²) in [6, 6.07) is 14.4. The number of halogens is 1. The molecule has 30 heavy (non-hydrogen) atoms. The van der Waals surface area contributed by atoms with Crippen molar-refractivity contribution in [1.82, 2.24) is 4.31 Å². The summed E-state index contributed by atoms with van der Waals surface area (Å²) in [5, 5.41) is 13.7. The maximum Gasteiger partial charge on any atom is 0.146 e. The fourth-order valence-corrected chi connectivity index (χ4v) is 4.88. The van der Waals surface area contributed by atoms with E-state index in [1.54, 1.807) is 12.1 Å². The second kappa shape index (κ2) is 8.84. The molecule has 2 aromatic carbocycles. The summed E-state index contributed by atoms with van der Waals surface area (Å²) in [5.41, 5.74) is 5.25. The van der Waals surface area contributed by atoms with E-state index < -0.39 is 0 Å². The van der Waals surface area contributed by atoms with Gasteiger partial charge in [0, 0.05) is 29.9 Å². The highest BCUT2D eigenvalue weighted by Crippen LogP contribution is 2.46. The van der Waals surface area contributed by atoms with Gasteiger partial charge in [0.1, 0.15) is 23.8 Å². The molecule has 1 heterocycles. The Morgan fingerprint density at radius 2 is 1.87 bits per heavy atom. The van der Waals surface area contributed by atoms with Gasteiger partial charge in [0.05, 0.1) is 6.61 Å². The van der Waals surface area contributed by atoms with Gasteiger partial charge in [-0.25, -0.2) is 8.70 Å². The van der Waals surface area contributed by atoms with Crippen LogP contribution >= 0.6 is 12.2 Å². The van der Waals surface area contributed by atoms with Crippen LogP contribution in [0.2, 0.25) is 0 Å². The normalized spacial score (nSPS) is 21.8. The lowest BCUT2D eigenvalue weighted by Gasteiger charge is -2.45. The molecule has 1 fully saturated rings. The van der Waals surface area contributed by atoms with Gasteiger partial charge in [-0.3, -0.25) is 0 Å². The number of piperidine rings is 1. The van der Waals surface area contributed by atoms with Crippen molar-refractivity contribution in [3.63, 3.8) is 0 Å². The third-order valence-electron chi connectivity index (χ3n) is 5.86. The number of hydrogen-bond donors (Lipinski definition) is 2. The molecule has 0 aromatic heterocycles. The Kier molecular flexibility index (Phi) is 6.18. The SMILES string of the molecule is CC1=C(Nc2ccc(F)cc2)C=C2CCN(SOc3ccc(C)cc3)CC2(CO)C1. The Morgan fingerprint density at radius 3 is 2.57 bits per heavy atom. The average molecular weight is 427 g/mol. The van der Waals surface area contributed by atoms with Gasteiger partial charge in [-0.05, 0) is 74.7 Å². The standard InChI is InChI=1S/C24H27FN2O2S/c1-17-3-9-22(10-4-17)29-30-27-12-11-19-13-23(18(2)14-24(19,15-27)16-28)26-21-7-5-20(25)6-8-21/h3-10,13,26,28H,11-12,14-16H2,1-2H3. The largest absolute Gasteiger partial charge is 0.409 e. The highest BCUT2D eigenvalue weighted by atomic mass is 32.2. The van der Waals surface area contributed by atoms with Crippen LogP contribution in [0.4, 0.5) is 10.1 Å². The van der Waals surface area contributed by atoms with Crippen molar-refractivity contribution in [1.29, 1.82) is 0 Å². The first-order valence-corrected chi connectivity index (χ1v) is 10.9. The predicted octanol–water partition coefficient (Wildman–Crippen LogP) is 5.48. The minimum absolute atomic E-state index is 0.0988. The number of nitrogens with one attached hydrogen (secondary N) is 1. The minimum atomic E-state index is -0.292. The Bertz CT molecular complexity index is 956. The summed E-state index contributed by atoms with van der Waals surface area (Å²) >= 11 is 1.36. The maximum absolute atomic E-state index is 13.2. The predicted molar refractivity (Wildman–Crippen MR) is 121 cm³/mol. The third kappa shape index (κ3) is 4.56. The van der Waals surface area contributed by atoms with E-state index in [4.69, 9.17) is 4.18 Å². The molecule has 0 bridgehead atoms. The Labute approximate surface area is 181 Å². The first-order valence-electron chi connectivity index (χ1n) is 10.2. The van der Waals surface area contributed by atoms with Crippen LogP contribution in [0.3, 0.4) is 0 Å². The number of aliphatic hydroxyl groups excluding tert-OH is 1. The number of aliphatic hydroxyl groups is 1. The number of allylic oxidation sites excluding steroid dienone is 2. The lowest BCUT2D eigenvalue weighted by atomic mass is 9.69. The van der Waals surface area contributed by atoms with Gasteiger partial charge in [-0.1, -0.05) is 23.3 Å². The summed E-state index contributed by atoms with van der Waals surface area (Å²) in [4.78, 5) is 0. The molecule has 4 nitrogen and oxygen atoms in total. The smallest absolute Gasteiger partial charge is 0.146 e. The number of anilines is 1. The number of fused-ring (bicyclic) bond motifs is 1. The van der Waals surface area contributed by atoms with E-state index in [0.717, 1.165) is 43.1 Å². The van der Waals surface area contributed by atoms with Gasteiger partial charge >= 0.3 is 0 Å². The van der Waals surface area contributed by atoms with Crippen LogP contribution < -0.4 is 9.50 Å². The molecule has 1 unspecified atom stereocenters. The quantitative estimate of drug-likeness (QED) is 0.473. The Morgan fingerprint density at radius 1 is 1.13 bits per heavy atom. The van der Waals surface area contributed by atoms with Gasteiger partial charge in [0.2, 0.25) is 0 Å². The molecular weight excluding hydrogens is 399 g/mol. The molecule has 2 aliphatic rings. The van der Waals surface area contributed by atoms with Crippen molar-refractivity contribution in [3.8, 4) is 5.75 Å². The van der Waals surface area contributed by atoms with Crippen LogP contribution in [0.1, 0.15) is 25.3 Å². The molecule has 0 saturated carbocycles. The van der Waals surface area contributed by atoms with Crippen molar-refractivity contribution >= 4 is 17.9 Å². The monoisotopic (exact) mass is 426 g/mol. The van der Waals surface area contributed by atoms with Crippen LogP contribution in [-0.2, 0) is 0 Å². The molecule has 1 atom stereocenters. The number of aryl methyl sites for hydroxylation is 1. The molecule has 0 spiro atoms. The summed E-state index contributed by atoms with van der Waals surface area (Å²) in [7, 11) is 0. The zero-order valence-corrected chi connectivity index (χ0v) is 18.1. The van der Waals surface area contributed by atoms with E-state index in [0.29, 0.717) is 0 Å². The van der Waals surface area contributed by atoms with Crippen molar-refractivity contribution in [3.05, 3.63) is 82.8 Å². The Balaban J connectivity index is 1.44. The summed E-state index contributed by atoms with van der Waals surface area (Å²) in [5.74, 6) is 0.584. The van der Waals surface area contributed by atoms with Crippen LogP contribution in [-0.4, -0.2) is 29.1 Å². The van der Waals surface area contributed by atoms with E-state index >= 15 is 0 Å². The molecule has 6 heteroatoms. The van der Waals surface area contributed by atoms with Crippen LogP contribution in [0, 0.1) is 18.2 Å². The first kappa shape index (κ1) is 21.0. The van der Waals surface area contributed by atoms with Crippen LogP contribution in [0.5, 0.6) is 5.75 Å². The highest BCUT2D eigenvalue weighted by Gasteiger charge is 2.42. The van der Waals surface area contributed by atoms with E-state index in [1.165, 1.54) is 41.1 Å². The molecule has 1 aliphatic carbocycles. The van der Waals surface area contributed by atoms with Crippen molar-refractivity contribution in [2.75, 3.05) is 25.0 Å². The molecule has 0 amide bonds. The average Bonchev–Trinajstić information content (AvgIpc) is 2.75. The summed E-state index contributed by atoms with van der Waals surface area (Å²) in [6.07, 6.45) is 3.81. The number of benzene rings is 2. The molecule has 4 rings (SSSR count). The third-order valence-corrected chi connectivity index (χ3v) is 6.65. The van der Waals surface area contributed by atoms with Crippen molar-refractivity contribution in [2.24, 2.45) is 5.41 Å². The first-order chi connectivity index (χ1) is 14.5. The fraction of sp³-hybridized carbons (Fsp3) is 0.333. The highest BCUT2D eigenvalue weighted by molar-refractivity contribution is 7.92. The van der Waals surface area contributed by atoms with Crippen LogP contribution in [0.25, 0.3) is 0 Å². The molecule has 1 saturated heterocycles. The fourth-order valence-electron chi connectivity index (χ4n) is 4.12. The molecule has 2 N–H and O–H groups in total. The second-order valence-electron chi connectivity index (χ2n) is 8.20. The zero-order chi connectivity index (χ0) is 21.1. The van der Waals surface area contributed by atoms with Gasteiger partial charge in [0.25, 0.3) is 0 Å². The van der Waals surface area contributed by atoms with Crippen molar-refractivity contribution < 1.29 is 13.7 Å². The minimum Gasteiger partial charge on any atom is -0.409 e. The zero-order valence-electron chi connectivity index (χ0n) is 17.3. The van der Waals surface area contributed by atoms with E-state index in [9.17, 15) is 9.50 Å². The lowest BCUT2D eigenvalue weighted by Crippen LogP contribution is -2.46. The van der Waals surface area contributed by atoms with Crippen molar-refractivity contribution in [2.45, 2.75) is 26.7 Å². The number of rotatable bonds is 6. The van der Waals surface area contributed by atoms with Gasteiger partial charge in [-0.15, -0.1) is 0 Å². The maximum atomic E-state index is 13.2. The molecule has 158 valence electrons. The van der Waals surface area contributed by atoms with E-state index in [-0.39, 0.29) is 17.8 Å². The number of nitrogens with zero attached hydrogens (tertiary/aromatic N) is 1. The topological polar surface area (TPSA) is 44.7 Å². The van der Waals surface area contributed by atoms with E-state index in [2.05, 4.69) is 29.5 Å². The molecule has 0 radical (unpaired) electrons. The van der Waals surface area contributed by atoms with E-state index in [1.807, 2.05) is 24.3 Å². The summed E-state index contributed by atoms with van der Waals surface area (Å²) < 4.78 is 21.3. The van der Waals surface area contributed by atoms with Gasteiger partial charge in [-0.2, -0.15) is 0 Å². The second-order valence-corrected chi connectivity index (χ2v) is 9.03. The summed E-state index contributed by atoms with van der Waals surface area (Å²) in [6.45, 7) is 5.82. The van der Waals surface area contributed by atoms with Gasteiger partial charge < -0.3 is 14.6 Å². The molecule has 1 aliphatic heterocycles. The molecular formula is C24H27FN2O2S. The lowest BCUT2D eigenvalue weighted by molar-refractivity contribution is 0.111. The Hall–Kier alpha value is -2.28. The van der Waals surface area contributed by atoms with Crippen LogP contribution in [0.15, 0.2) is 71.5 Å². The number of hydrogen-bond acceptors (Lipinski definition) is 5.